The fourth-order valence-corrected chi connectivity index (χ4v) is 2.36. The average Bonchev–Trinajstić information content (AvgIpc) is 2.77. The maximum absolute atomic E-state index is 10.5. The van der Waals surface area contributed by atoms with Crippen LogP contribution < -0.4 is 4.90 Å². The molecule has 0 spiro atoms. The number of hydrogen-bond donors (Lipinski definition) is 1. The second kappa shape index (κ2) is 4.69. The van der Waals surface area contributed by atoms with Gasteiger partial charge in [0.25, 0.3) is 5.69 Å². The smallest absolute Gasteiger partial charge is 0.287 e. The minimum Gasteiger partial charge on any atom is -0.353 e. The first-order chi connectivity index (χ1) is 7.72. The molecule has 1 atom stereocenters. The Labute approximate surface area is 99.0 Å². The molecule has 86 valence electrons. The van der Waals surface area contributed by atoms with Crippen LogP contribution in [0.4, 0.5) is 11.5 Å². The van der Waals surface area contributed by atoms with E-state index in [1.54, 1.807) is 6.07 Å². The van der Waals surface area contributed by atoms with Crippen LogP contribution in [0.3, 0.4) is 0 Å². The first-order valence-electron chi connectivity index (χ1n) is 5.20. The molecule has 1 aromatic heterocycles. The Morgan fingerprint density at radius 2 is 2.44 bits per heavy atom. The monoisotopic (exact) mass is 239 g/mol. The molecule has 0 amide bonds. The maximum atomic E-state index is 10.5. The number of thiol groups is 1. The fraction of sp³-hybridized carbons (Fsp3) is 0.500. The van der Waals surface area contributed by atoms with E-state index in [-0.39, 0.29) is 5.69 Å². The van der Waals surface area contributed by atoms with E-state index in [0.717, 1.165) is 31.0 Å². The summed E-state index contributed by atoms with van der Waals surface area (Å²) in [7, 11) is 0. The molecule has 1 unspecified atom stereocenters. The van der Waals surface area contributed by atoms with E-state index in [9.17, 15) is 10.1 Å². The summed E-state index contributed by atoms with van der Waals surface area (Å²) in [6, 6.07) is 3.60. The van der Waals surface area contributed by atoms with E-state index in [1.807, 2.05) is 0 Å². The van der Waals surface area contributed by atoms with Crippen molar-refractivity contribution < 1.29 is 4.92 Å². The average molecular weight is 239 g/mol. The van der Waals surface area contributed by atoms with Crippen molar-refractivity contribution in [2.75, 3.05) is 17.2 Å². The summed E-state index contributed by atoms with van der Waals surface area (Å²) >= 11 is 4.30. The highest BCUT2D eigenvalue weighted by molar-refractivity contribution is 7.80. The van der Waals surface area contributed by atoms with Gasteiger partial charge < -0.3 is 4.90 Å². The van der Waals surface area contributed by atoms with Gasteiger partial charge in [0.15, 0.2) is 0 Å². The van der Waals surface area contributed by atoms with Gasteiger partial charge in [-0.25, -0.2) is 4.98 Å². The van der Waals surface area contributed by atoms with Crippen molar-refractivity contribution in [3.8, 4) is 0 Å². The Kier molecular flexibility index (Phi) is 3.28. The van der Waals surface area contributed by atoms with Crippen LogP contribution in [-0.4, -0.2) is 28.2 Å². The molecule has 1 saturated heterocycles. The summed E-state index contributed by atoms with van der Waals surface area (Å²) < 4.78 is 0. The number of anilines is 1. The summed E-state index contributed by atoms with van der Waals surface area (Å²) in [6.45, 7) is 0.954. The Hall–Kier alpha value is -1.30. The van der Waals surface area contributed by atoms with Crippen LogP contribution in [-0.2, 0) is 0 Å². The largest absolute Gasteiger partial charge is 0.353 e. The molecule has 2 rings (SSSR count). The zero-order valence-electron chi connectivity index (χ0n) is 8.74. The second-order valence-corrected chi connectivity index (χ2v) is 4.17. The predicted octanol–water partition coefficient (Wildman–Crippen LogP) is 1.89. The highest BCUT2D eigenvalue weighted by atomic mass is 32.1. The predicted molar refractivity (Wildman–Crippen MR) is 65.1 cm³/mol. The number of pyridine rings is 1. The maximum Gasteiger partial charge on any atom is 0.287 e. The molecule has 1 aliphatic rings. The highest BCUT2D eigenvalue weighted by Gasteiger charge is 2.24. The van der Waals surface area contributed by atoms with Crippen LogP contribution in [0.5, 0.6) is 0 Å². The minimum atomic E-state index is -0.434. The standard InChI is InChI=1S/C10H13N3O2S/c14-13(15)8-3-4-10(11-6-8)12-5-1-2-9(12)7-16/h3-4,6,9,16H,1-2,5,7H2. The Bertz CT molecular complexity index is 382. The molecule has 6 heteroatoms. The third-order valence-electron chi connectivity index (χ3n) is 2.83. The number of nitrogens with zero attached hydrogens (tertiary/aromatic N) is 3. The quantitative estimate of drug-likeness (QED) is 0.497. The number of nitro groups is 1. The first kappa shape index (κ1) is 11.2. The van der Waals surface area contributed by atoms with E-state index in [4.69, 9.17) is 0 Å². The molecule has 0 aromatic carbocycles. The van der Waals surface area contributed by atoms with Crippen LogP contribution >= 0.6 is 12.6 Å². The van der Waals surface area contributed by atoms with E-state index in [2.05, 4.69) is 22.5 Å². The molecule has 16 heavy (non-hydrogen) atoms. The molecule has 0 saturated carbocycles. The highest BCUT2D eigenvalue weighted by Crippen LogP contribution is 2.25. The van der Waals surface area contributed by atoms with Gasteiger partial charge in [0.2, 0.25) is 0 Å². The summed E-state index contributed by atoms with van der Waals surface area (Å²) in [5.41, 5.74) is 0.0328. The SMILES string of the molecule is O=[N+]([O-])c1ccc(N2CCCC2CS)nc1. The van der Waals surface area contributed by atoms with Crippen molar-refractivity contribution in [1.29, 1.82) is 0 Å². The van der Waals surface area contributed by atoms with Crippen molar-refractivity contribution in [1.82, 2.24) is 4.98 Å². The normalized spacial score (nSPS) is 20.1. The number of hydrogen-bond acceptors (Lipinski definition) is 5. The third-order valence-corrected chi connectivity index (χ3v) is 3.25. The van der Waals surface area contributed by atoms with Gasteiger partial charge in [-0.1, -0.05) is 0 Å². The Balaban J connectivity index is 2.18. The van der Waals surface area contributed by atoms with Crippen molar-refractivity contribution >= 4 is 24.1 Å². The van der Waals surface area contributed by atoms with Gasteiger partial charge in [-0.05, 0) is 18.9 Å². The van der Waals surface area contributed by atoms with Crippen LogP contribution in [0, 0.1) is 10.1 Å². The van der Waals surface area contributed by atoms with E-state index >= 15 is 0 Å². The van der Waals surface area contributed by atoms with Crippen LogP contribution in [0.2, 0.25) is 0 Å². The third kappa shape index (κ3) is 2.11. The van der Waals surface area contributed by atoms with Crippen LogP contribution in [0.25, 0.3) is 0 Å². The molecule has 1 aromatic rings. The van der Waals surface area contributed by atoms with E-state index < -0.39 is 4.92 Å². The lowest BCUT2D eigenvalue weighted by Crippen LogP contribution is -2.31. The van der Waals surface area contributed by atoms with Crippen LogP contribution in [0.1, 0.15) is 12.8 Å². The molecule has 0 radical (unpaired) electrons. The molecular formula is C10H13N3O2S. The molecule has 1 aliphatic heterocycles. The molecule has 0 aliphatic carbocycles. The lowest BCUT2D eigenvalue weighted by molar-refractivity contribution is -0.385. The van der Waals surface area contributed by atoms with Gasteiger partial charge in [0, 0.05) is 24.4 Å². The van der Waals surface area contributed by atoms with Crippen molar-refractivity contribution in [2.45, 2.75) is 18.9 Å². The number of rotatable bonds is 3. The fourth-order valence-electron chi connectivity index (χ4n) is 1.98. The first-order valence-corrected chi connectivity index (χ1v) is 5.83. The van der Waals surface area contributed by atoms with Gasteiger partial charge >= 0.3 is 0 Å². The van der Waals surface area contributed by atoms with Gasteiger partial charge in [0.05, 0.1) is 4.92 Å². The van der Waals surface area contributed by atoms with Gasteiger partial charge in [0.1, 0.15) is 12.0 Å². The zero-order valence-corrected chi connectivity index (χ0v) is 9.64. The van der Waals surface area contributed by atoms with Gasteiger partial charge in [-0.2, -0.15) is 12.6 Å². The summed E-state index contributed by atoms with van der Waals surface area (Å²) in [6.07, 6.45) is 3.55. The molecular weight excluding hydrogens is 226 g/mol. The number of aromatic nitrogens is 1. The van der Waals surface area contributed by atoms with Crippen molar-refractivity contribution in [3.05, 3.63) is 28.4 Å². The molecule has 5 nitrogen and oxygen atoms in total. The van der Waals surface area contributed by atoms with E-state index in [1.165, 1.54) is 12.3 Å². The topological polar surface area (TPSA) is 59.3 Å². The molecule has 0 N–H and O–H groups in total. The summed E-state index contributed by atoms with van der Waals surface area (Å²) in [5.74, 6) is 1.60. The Morgan fingerprint density at radius 1 is 1.62 bits per heavy atom. The molecule has 2 heterocycles. The second-order valence-electron chi connectivity index (χ2n) is 3.80. The zero-order chi connectivity index (χ0) is 11.5. The van der Waals surface area contributed by atoms with Gasteiger partial charge in [-0.3, -0.25) is 10.1 Å². The summed E-state index contributed by atoms with van der Waals surface area (Å²) in [5, 5.41) is 10.5. The minimum absolute atomic E-state index is 0.0328. The van der Waals surface area contributed by atoms with Crippen molar-refractivity contribution in [2.24, 2.45) is 0 Å². The summed E-state index contributed by atoms with van der Waals surface area (Å²) in [4.78, 5) is 16.4. The Morgan fingerprint density at radius 3 is 3.00 bits per heavy atom. The molecule has 0 bridgehead atoms. The van der Waals surface area contributed by atoms with Crippen molar-refractivity contribution in [3.63, 3.8) is 0 Å². The molecule has 1 fully saturated rings. The van der Waals surface area contributed by atoms with Crippen LogP contribution in [0.15, 0.2) is 18.3 Å². The van der Waals surface area contributed by atoms with E-state index in [0.29, 0.717) is 6.04 Å². The lowest BCUT2D eigenvalue weighted by atomic mass is 10.2. The lowest BCUT2D eigenvalue weighted by Gasteiger charge is -2.23. The van der Waals surface area contributed by atoms with Gasteiger partial charge in [-0.15, -0.1) is 0 Å².